The average Bonchev–Trinajstić information content (AvgIpc) is 2.28. The van der Waals surface area contributed by atoms with Crippen LogP contribution in [-0.4, -0.2) is 9.97 Å². The second-order valence-corrected chi connectivity index (χ2v) is 4.38. The van der Waals surface area contributed by atoms with Crippen LogP contribution >= 0.6 is 15.9 Å². The van der Waals surface area contributed by atoms with Gasteiger partial charge in [0.25, 0.3) is 0 Å². The van der Waals surface area contributed by atoms with Gasteiger partial charge < -0.3 is 5.32 Å². The third kappa shape index (κ3) is 3.02. The molecule has 1 aromatic heterocycles. The molecule has 1 heterocycles. The van der Waals surface area contributed by atoms with Gasteiger partial charge in [-0.25, -0.2) is 9.97 Å². The van der Waals surface area contributed by atoms with E-state index in [2.05, 4.69) is 31.2 Å². The van der Waals surface area contributed by atoms with Gasteiger partial charge in [0.05, 0.1) is 0 Å². The Morgan fingerprint density at radius 2 is 2.12 bits per heavy atom. The van der Waals surface area contributed by atoms with Crippen molar-refractivity contribution in [3.63, 3.8) is 0 Å². The maximum absolute atomic E-state index is 8.82. The van der Waals surface area contributed by atoms with Crippen LogP contribution in [0.1, 0.15) is 11.4 Å². The summed E-state index contributed by atoms with van der Waals surface area (Å²) in [7, 11) is 0. The molecule has 0 unspecified atom stereocenters. The summed E-state index contributed by atoms with van der Waals surface area (Å²) in [6.07, 6.45) is 0. The minimum atomic E-state index is 0.356. The van der Waals surface area contributed by atoms with Crippen molar-refractivity contribution in [2.24, 2.45) is 0 Å². The molecule has 2 aromatic rings. The number of hydrogen-bond donors (Lipinski definition) is 1. The van der Waals surface area contributed by atoms with Gasteiger partial charge >= 0.3 is 0 Å². The molecule has 0 aliphatic carbocycles. The van der Waals surface area contributed by atoms with Gasteiger partial charge in [0.1, 0.15) is 11.8 Å². The van der Waals surface area contributed by atoms with Crippen molar-refractivity contribution < 1.29 is 0 Å². The smallest absolute Gasteiger partial charge is 0.228 e. The Bertz CT molecular complexity index is 589. The van der Waals surface area contributed by atoms with E-state index in [9.17, 15) is 0 Å². The molecule has 4 nitrogen and oxygen atoms in total. The summed E-state index contributed by atoms with van der Waals surface area (Å²) in [4.78, 5) is 8.30. The first-order valence-corrected chi connectivity index (χ1v) is 5.75. The van der Waals surface area contributed by atoms with E-state index < -0.39 is 0 Å². The van der Waals surface area contributed by atoms with Crippen LogP contribution in [-0.2, 0) is 0 Å². The quantitative estimate of drug-likeness (QED) is 0.922. The lowest BCUT2D eigenvalue weighted by atomic mass is 10.3. The van der Waals surface area contributed by atoms with Gasteiger partial charge in [-0.1, -0.05) is 22.0 Å². The Hall–Kier alpha value is -1.93. The molecule has 2 rings (SSSR count). The maximum Gasteiger partial charge on any atom is 0.228 e. The van der Waals surface area contributed by atoms with Gasteiger partial charge in [0, 0.05) is 15.9 Å². The molecule has 0 bridgehead atoms. The molecule has 0 saturated carbocycles. The minimum Gasteiger partial charge on any atom is -0.324 e. The van der Waals surface area contributed by atoms with Crippen molar-refractivity contribution in [1.29, 1.82) is 5.26 Å². The lowest BCUT2D eigenvalue weighted by Gasteiger charge is -2.05. The predicted molar refractivity (Wildman–Crippen MR) is 68.9 cm³/mol. The highest BCUT2D eigenvalue weighted by molar-refractivity contribution is 9.10. The first-order valence-electron chi connectivity index (χ1n) is 4.96. The van der Waals surface area contributed by atoms with E-state index in [4.69, 9.17) is 5.26 Å². The maximum atomic E-state index is 8.82. The summed E-state index contributed by atoms with van der Waals surface area (Å²) in [5, 5.41) is 11.9. The molecule has 17 heavy (non-hydrogen) atoms. The number of anilines is 2. The topological polar surface area (TPSA) is 61.6 Å². The Morgan fingerprint density at radius 3 is 2.82 bits per heavy atom. The van der Waals surface area contributed by atoms with Gasteiger partial charge in [-0.15, -0.1) is 0 Å². The molecular weight excluding hydrogens is 280 g/mol. The van der Waals surface area contributed by atoms with E-state index in [-0.39, 0.29) is 0 Å². The fourth-order valence-electron chi connectivity index (χ4n) is 1.38. The number of nitrogens with one attached hydrogen (secondary N) is 1. The zero-order valence-electron chi connectivity index (χ0n) is 9.11. The molecule has 0 spiro atoms. The highest BCUT2D eigenvalue weighted by Gasteiger charge is 2.02. The number of nitriles is 1. The Morgan fingerprint density at radius 1 is 1.29 bits per heavy atom. The number of hydrogen-bond acceptors (Lipinski definition) is 4. The van der Waals surface area contributed by atoms with E-state index in [0.717, 1.165) is 15.9 Å². The molecule has 0 aliphatic rings. The van der Waals surface area contributed by atoms with Crippen molar-refractivity contribution in [2.75, 3.05) is 5.32 Å². The third-order valence-corrected chi connectivity index (χ3v) is 2.54. The predicted octanol–water partition coefficient (Wildman–Crippen LogP) is 3.16. The number of aromatic nitrogens is 2. The summed E-state index contributed by atoms with van der Waals surface area (Å²) in [5.74, 6) is 0.430. The largest absolute Gasteiger partial charge is 0.324 e. The van der Waals surface area contributed by atoms with Crippen LogP contribution in [0.25, 0.3) is 0 Å². The van der Waals surface area contributed by atoms with Crippen LogP contribution in [0, 0.1) is 18.3 Å². The first-order chi connectivity index (χ1) is 8.17. The van der Waals surface area contributed by atoms with E-state index >= 15 is 0 Å². The standard InChI is InChI=1S/C12H9BrN4/c1-8-5-11(7-14)17-12(15-8)16-10-4-2-3-9(13)6-10/h2-6H,1H3,(H,15,16,17). The zero-order valence-corrected chi connectivity index (χ0v) is 10.7. The van der Waals surface area contributed by atoms with Gasteiger partial charge in [0.2, 0.25) is 5.95 Å². The SMILES string of the molecule is Cc1cc(C#N)nc(Nc2cccc(Br)c2)n1. The molecule has 1 aromatic carbocycles. The van der Waals surface area contributed by atoms with Crippen LogP contribution in [0.4, 0.5) is 11.6 Å². The van der Waals surface area contributed by atoms with Gasteiger partial charge in [-0.2, -0.15) is 5.26 Å². The van der Waals surface area contributed by atoms with E-state index in [1.165, 1.54) is 0 Å². The Kier molecular flexibility index (Phi) is 3.35. The second-order valence-electron chi connectivity index (χ2n) is 3.47. The lowest BCUT2D eigenvalue weighted by Crippen LogP contribution is -2.00. The zero-order chi connectivity index (χ0) is 12.3. The summed E-state index contributed by atoms with van der Waals surface area (Å²) in [6, 6.07) is 11.3. The summed E-state index contributed by atoms with van der Waals surface area (Å²) in [6.45, 7) is 1.83. The van der Waals surface area contributed by atoms with E-state index in [1.807, 2.05) is 37.3 Å². The molecule has 5 heteroatoms. The highest BCUT2D eigenvalue weighted by atomic mass is 79.9. The van der Waals surface area contributed by atoms with Crippen molar-refractivity contribution in [3.8, 4) is 6.07 Å². The third-order valence-electron chi connectivity index (χ3n) is 2.05. The van der Waals surface area contributed by atoms with Gasteiger partial charge in [0.15, 0.2) is 0 Å². The molecular formula is C12H9BrN4. The van der Waals surface area contributed by atoms with Crippen molar-refractivity contribution in [2.45, 2.75) is 6.92 Å². The van der Waals surface area contributed by atoms with E-state index in [1.54, 1.807) is 6.07 Å². The molecule has 0 radical (unpaired) electrons. The normalized spacial score (nSPS) is 9.71. The summed E-state index contributed by atoms with van der Waals surface area (Å²) in [5.41, 5.74) is 1.98. The van der Waals surface area contributed by atoms with Crippen molar-refractivity contribution >= 4 is 27.6 Å². The number of rotatable bonds is 2. The fraction of sp³-hybridized carbons (Fsp3) is 0.0833. The van der Waals surface area contributed by atoms with Crippen LogP contribution in [0.2, 0.25) is 0 Å². The lowest BCUT2D eigenvalue weighted by molar-refractivity contribution is 1.09. The monoisotopic (exact) mass is 288 g/mol. The summed E-state index contributed by atoms with van der Waals surface area (Å²) < 4.78 is 0.968. The van der Waals surface area contributed by atoms with Crippen LogP contribution in [0.5, 0.6) is 0 Å². The number of benzene rings is 1. The minimum absolute atomic E-state index is 0.356. The number of aryl methyl sites for hydroxylation is 1. The van der Waals surface area contributed by atoms with E-state index in [0.29, 0.717) is 11.6 Å². The average molecular weight is 289 g/mol. The summed E-state index contributed by atoms with van der Waals surface area (Å²) >= 11 is 3.38. The van der Waals surface area contributed by atoms with Crippen LogP contribution < -0.4 is 5.32 Å². The molecule has 0 atom stereocenters. The van der Waals surface area contributed by atoms with Gasteiger partial charge in [-0.05, 0) is 31.2 Å². The van der Waals surface area contributed by atoms with Crippen molar-refractivity contribution in [3.05, 3.63) is 46.2 Å². The second kappa shape index (κ2) is 4.93. The number of halogens is 1. The molecule has 0 aliphatic heterocycles. The van der Waals surface area contributed by atoms with Crippen molar-refractivity contribution in [1.82, 2.24) is 9.97 Å². The first kappa shape index (κ1) is 11.6. The molecule has 0 saturated heterocycles. The highest BCUT2D eigenvalue weighted by Crippen LogP contribution is 2.18. The number of nitrogens with zero attached hydrogens (tertiary/aromatic N) is 3. The van der Waals surface area contributed by atoms with Crippen LogP contribution in [0.15, 0.2) is 34.8 Å². The molecule has 1 N–H and O–H groups in total. The molecule has 0 fully saturated rings. The fourth-order valence-corrected chi connectivity index (χ4v) is 1.78. The molecule has 0 amide bonds. The molecule has 84 valence electrons. The Balaban J connectivity index is 2.30. The van der Waals surface area contributed by atoms with Gasteiger partial charge in [-0.3, -0.25) is 0 Å². The van der Waals surface area contributed by atoms with Crippen LogP contribution in [0.3, 0.4) is 0 Å². The Labute approximate surface area is 107 Å².